The summed E-state index contributed by atoms with van der Waals surface area (Å²) in [5.41, 5.74) is 5.81. The first kappa shape index (κ1) is 14.5. The Morgan fingerprint density at radius 2 is 2.06 bits per heavy atom. The third-order valence-electron chi connectivity index (χ3n) is 1.68. The van der Waals surface area contributed by atoms with Crippen molar-refractivity contribution in [2.75, 3.05) is 18.3 Å². The molecule has 0 fully saturated rings. The highest BCUT2D eigenvalue weighted by atomic mass is 79.9. The van der Waals surface area contributed by atoms with Gasteiger partial charge in [-0.3, -0.25) is 4.21 Å². The molecule has 2 N–H and O–H groups in total. The van der Waals surface area contributed by atoms with E-state index < -0.39 is 29.5 Å². The van der Waals surface area contributed by atoms with Crippen LogP contribution in [0.3, 0.4) is 0 Å². The van der Waals surface area contributed by atoms with Crippen LogP contribution in [0.2, 0.25) is 0 Å². The van der Waals surface area contributed by atoms with Crippen molar-refractivity contribution in [1.29, 1.82) is 0 Å². The van der Waals surface area contributed by atoms with Gasteiger partial charge in [0.1, 0.15) is 12.5 Å². The van der Waals surface area contributed by atoms with Crippen molar-refractivity contribution >= 4 is 32.4 Å². The standard InChI is InChI=1S/C9H9BrF3NO2S/c10-6-1-2-7(14)8(3-6)17(15)5-16-4-9(11,12)13/h1-3H,4-5,14H2. The number of rotatable bonds is 4. The number of ether oxygens (including phenoxy) is 1. The van der Waals surface area contributed by atoms with Gasteiger partial charge in [-0.15, -0.1) is 0 Å². The van der Waals surface area contributed by atoms with Gasteiger partial charge in [0.05, 0.1) is 15.7 Å². The number of alkyl halides is 3. The highest BCUT2D eigenvalue weighted by Gasteiger charge is 2.27. The van der Waals surface area contributed by atoms with Crippen molar-refractivity contribution < 1.29 is 22.1 Å². The lowest BCUT2D eigenvalue weighted by molar-refractivity contribution is -0.169. The van der Waals surface area contributed by atoms with E-state index >= 15 is 0 Å². The second-order valence-electron chi connectivity index (χ2n) is 3.11. The first-order valence-electron chi connectivity index (χ1n) is 4.37. The number of nitrogens with two attached hydrogens (primary N) is 1. The monoisotopic (exact) mass is 331 g/mol. The second-order valence-corrected chi connectivity index (χ2v) is 5.39. The fourth-order valence-electron chi connectivity index (χ4n) is 1.00. The molecule has 0 aliphatic carbocycles. The summed E-state index contributed by atoms with van der Waals surface area (Å²) in [5, 5.41) is 0. The summed E-state index contributed by atoms with van der Waals surface area (Å²) in [6.07, 6.45) is -4.42. The zero-order valence-electron chi connectivity index (χ0n) is 8.46. The van der Waals surface area contributed by atoms with E-state index in [2.05, 4.69) is 20.7 Å². The number of nitrogen functional groups attached to an aromatic ring is 1. The zero-order chi connectivity index (χ0) is 13.1. The molecule has 0 aromatic heterocycles. The molecule has 0 bridgehead atoms. The van der Waals surface area contributed by atoms with Crippen molar-refractivity contribution in [2.45, 2.75) is 11.1 Å². The third kappa shape index (κ3) is 5.05. The van der Waals surface area contributed by atoms with E-state index in [0.717, 1.165) is 0 Å². The number of anilines is 1. The largest absolute Gasteiger partial charge is 0.411 e. The van der Waals surface area contributed by atoms with Gasteiger partial charge in [0.25, 0.3) is 0 Å². The molecule has 0 saturated heterocycles. The van der Waals surface area contributed by atoms with E-state index in [4.69, 9.17) is 5.73 Å². The molecule has 96 valence electrons. The van der Waals surface area contributed by atoms with Gasteiger partial charge in [0.15, 0.2) is 0 Å². The van der Waals surface area contributed by atoms with Crippen LogP contribution in [0.25, 0.3) is 0 Å². The first-order chi connectivity index (χ1) is 7.79. The van der Waals surface area contributed by atoms with Gasteiger partial charge in [-0.25, -0.2) is 0 Å². The van der Waals surface area contributed by atoms with Gasteiger partial charge < -0.3 is 10.5 Å². The van der Waals surface area contributed by atoms with Crippen molar-refractivity contribution in [3.63, 3.8) is 0 Å². The Hall–Kier alpha value is -0.600. The van der Waals surface area contributed by atoms with Crippen LogP contribution in [0.15, 0.2) is 27.6 Å². The average Bonchev–Trinajstić information content (AvgIpc) is 2.19. The van der Waals surface area contributed by atoms with Crippen molar-refractivity contribution in [2.24, 2.45) is 0 Å². The summed E-state index contributed by atoms with van der Waals surface area (Å²) in [7, 11) is -1.72. The van der Waals surface area contributed by atoms with E-state index in [1.165, 1.54) is 12.1 Å². The normalized spacial score (nSPS) is 13.6. The molecule has 0 aliphatic heterocycles. The predicted octanol–water partition coefficient (Wildman–Crippen LogP) is 2.68. The van der Waals surface area contributed by atoms with Gasteiger partial charge in [0, 0.05) is 10.2 Å². The summed E-state index contributed by atoms with van der Waals surface area (Å²) < 4.78 is 52.0. The smallest absolute Gasteiger partial charge is 0.398 e. The molecule has 0 amide bonds. The second kappa shape index (κ2) is 5.83. The van der Waals surface area contributed by atoms with Gasteiger partial charge in [-0.1, -0.05) is 15.9 Å². The molecular weight excluding hydrogens is 323 g/mol. The van der Waals surface area contributed by atoms with Crippen LogP contribution < -0.4 is 5.73 Å². The SMILES string of the molecule is Nc1ccc(Br)cc1S(=O)COCC(F)(F)F. The van der Waals surface area contributed by atoms with E-state index in [0.29, 0.717) is 4.47 Å². The molecule has 1 atom stereocenters. The number of hydrogen-bond donors (Lipinski definition) is 1. The molecule has 0 spiro atoms. The maximum absolute atomic E-state index is 11.8. The average molecular weight is 332 g/mol. The Kier molecular flexibility index (Phi) is 4.96. The maximum atomic E-state index is 11.8. The number of hydrogen-bond acceptors (Lipinski definition) is 3. The Morgan fingerprint density at radius 1 is 1.41 bits per heavy atom. The van der Waals surface area contributed by atoms with Crippen LogP contribution in [0, 0.1) is 0 Å². The number of benzene rings is 1. The van der Waals surface area contributed by atoms with E-state index in [1.54, 1.807) is 6.07 Å². The maximum Gasteiger partial charge on any atom is 0.411 e. The molecule has 1 rings (SSSR count). The lowest BCUT2D eigenvalue weighted by atomic mass is 10.3. The van der Waals surface area contributed by atoms with Crippen LogP contribution in [0.4, 0.5) is 18.9 Å². The molecule has 1 aromatic rings. The van der Waals surface area contributed by atoms with Crippen LogP contribution in [-0.4, -0.2) is 22.9 Å². The highest BCUT2D eigenvalue weighted by molar-refractivity contribution is 9.10. The first-order valence-corrected chi connectivity index (χ1v) is 6.48. The Balaban J connectivity index is 2.61. The van der Waals surface area contributed by atoms with E-state index in [-0.39, 0.29) is 10.6 Å². The molecule has 0 radical (unpaired) electrons. The molecule has 17 heavy (non-hydrogen) atoms. The molecule has 1 unspecified atom stereocenters. The predicted molar refractivity (Wildman–Crippen MR) is 61.8 cm³/mol. The van der Waals surface area contributed by atoms with Gasteiger partial charge >= 0.3 is 6.18 Å². The zero-order valence-corrected chi connectivity index (χ0v) is 10.9. The summed E-state index contributed by atoms with van der Waals surface area (Å²) in [6.45, 7) is -1.42. The van der Waals surface area contributed by atoms with Gasteiger partial charge in [-0.2, -0.15) is 13.2 Å². The molecule has 8 heteroatoms. The minimum atomic E-state index is -4.42. The topological polar surface area (TPSA) is 52.3 Å². The van der Waals surface area contributed by atoms with Crippen molar-refractivity contribution in [3.8, 4) is 0 Å². The minimum absolute atomic E-state index is 0.251. The molecule has 3 nitrogen and oxygen atoms in total. The third-order valence-corrected chi connectivity index (χ3v) is 3.40. The highest BCUT2D eigenvalue weighted by Crippen LogP contribution is 2.22. The van der Waals surface area contributed by atoms with E-state index in [9.17, 15) is 17.4 Å². The fourth-order valence-corrected chi connectivity index (χ4v) is 2.47. The Morgan fingerprint density at radius 3 is 2.65 bits per heavy atom. The quantitative estimate of drug-likeness (QED) is 0.863. The van der Waals surface area contributed by atoms with E-state index in [1.807, 2.05) is 0 Å². The molecule has 0 saturated carbocycles. The van der Waals surface area contributed by atoms with Gasteiger partial charge in [0.2, 0.25) is 0 Å². The van der Waals surface area contributed by atoms with Crippen LogP contribution in [-0.2, 0) is 15.5 Å². The molecule has 0 heterocycles. The Labute approximate surface area is 107 Å². The summed E-state index contributed by atoms with van der Waals surface area (Å²) in [6, 6.07) is 4.65. The van der Waals surface area contributed by atoms with Crippen LogP contribution >= 0.6 is 15.9 Å². The Bertz CT molecular complexity index is 425. The molecular formula is C9H9BrF3NO2S. The minimum Gasteiger partial charge on any atom is -0.398 e. The summed E-state index contributed by atoms with van der Waals surface area (Å²) in [5.74, 6) is -0.542. The van der Waals surface area contributed by atoms with Gasteiger partial charge in [-0.05, 0) is 18.2 Å². The van der Waals surface area contributed by atoms with Crippen LogP contribution in [0.1, 0.15) is 0 Å². The molecule has 1 aromatic carbocycles. The van der Waals surface area contributed by atoms with Crippen molar-refractivity contribution in [3.05, 3.63) is 22.7 Å². The fraction of sp³-hybridized carbons (Fsp3) is 0.333. The van der Waals surface area contributed by atoms with Crippen molar-refractivity contribution in [1.82, 2.24) is 0 Å². The summed E-state index contributed by atoms with van der Waals surface area (Å²) in [4.78, 5) is 0.251. The molecule has 0 aliphatic rings. The summed E-state index contributed by atoms with van der Waals surface area (Å²) >= 11 is 3.15. The lowest BCUT2D eigenvalue weighted by Gasteiger charge is -2.09. The number of halogens is 4. The lowest BCUT2D eigenvalue weighted by Crippen LogP contribution is -2.19. The van der Waals surface area contributed by atoms with Crippen LogP contribution in [0.5, 0.6) is 0 Å².